The summed E-state index contributed by atoms with van der Waals surface area (Å²) in [5.74, 6) is 0. The van der Waals surface area contributed by atoms with Gasteiger partial charge in [0.2, 0.25) is 0 Å². The van der Waals surface area contributed by atoms with Crippen LogP contribution >= 0.6 is 34.7 Å². The Morgan fingerprint density at radius 2 is 2.12 bits per heavy atom. The van der Waals surface area contributed by atoms with Gasteiger partial charge in [0, 0.05) is 28.4 Å². The number of thiazole rings is 1. The second kappa shape index (κ2) is 5.68. The summed E-state index contributed by atoms with van der Waals surface area (Å²) in [6.07, 6.45) is 1.81. The molecule has 0 aliphatic rings. The van der Waals surface area contributed by atoms with Crippen molar-refractivity contribution in [2.45, 2.75) is 9.59 Å². The number of nitrogens with zero attached hydrogens (tertiary/aromatic N) is 1. The van der Waals surface area contributed by atoms with Gasteiger partial charge in [0.25, 0.3) is 0 Å². The number of nitrogens with two attached hydrogens (primary N) is 1. The van der Waals surface area contributed by atoms with Crippen LogP contribution in [0, 0.1) is 0 Å². The van der Waals surface area contributed by atoms with Gasteiger partial charge in [-0.2, -0.15) is 0 Å². The molecule has 1 aromatic carbocycles. The smallest absolute Gasteiger partial charge is 0.150 e. The molecule has 1 aromatic heterocycles. The van der Waals surface area contributed by atoms with E-state index in [9.17, 15) is 0 Å². The average molecular weight is 271 g/mol. The molecular weight excluding hydrogens is 260 g/mol. The van der Waals surface area contributed by atoms with Crippen molar-refractivity contribution in [2.75, 3.05) is 6.54 Å². The summed E-state index contributed by atoms with van der Waals surface area (Å²) < 4.78 is 1.05. The molecule has 0 aliphatic heterocycles. The molecule has 1 unspecified atom stereocenters. The number of rotatable bonds is 4. The number of aromatic nitrogens is 1. The zero-order valence-electron chi connectivity index (χ0n) is 8.47. The van der Waals surface area contributed by atoms with Gasteiger partial charge in [-0.3, -0.25) is 0 Å². The first kappa shape index (κ1) is 11.9. The van der Waals surface area contributed by atoms with Gasteiger partial charge >= 0.3 is 0 Å². The van der Waals surface area contributed by atoms with Crippen LogP contribution in [0.25, 0.3) is 0 Å². The van der Waals surface area contributed by atoms with Crippen LogP contribution in [0.5, 0.6) is 0 Å². The van der Waals surface area contributed by atoms with E-state index in [0.29, 0.717) is 6.54 Å². The first-order valence-electron chi connectivity index (χ1n) is 4.81. The van der Waals surface area contributed by atoms with Gasteiger partial charge in [-0.05, 0) is 17.7 Å². The van der Waals surface area contributed by atoms with Crippen LogP contribution in [0.3, 0.4) is 0 Å². The molecule has 2 aromatic rings. The van der Waals surface area contributed by atoms with Crippen molar-refractivity contribution in [3.8, 4) is 0 Å². The Morgan fingerprint density at radius 1 is 1.38 bits per heavy atom. The van der Waals surface area contributed by atoms with Crippen LogP contribution in [-0.4, -0.2) is 11.5 Å². The minimum absolute atomic E-state index is 0.239. The molecule has 0 spiro atoms. The molecule has 1 atom stereocenters. The molecule has 2 N–H and O–H groups in total. The van der Waals surface area contributed by atoms with Crippen molar-refractivity contribution in [1.82, 2.24) is 4.98 Å². The molecular formula is C11H11ClN2S2. The SMILES string of the molecule is NCC(Sc1nccs1)c1ccc(Cl)cc1. The van der Waals surface area contributed by atoms with Gasteiger partial charge in [0.15, 0.2) is 0 Å². The van der Waals surface area contributed by atoms with E-state index in [1.54, 1.807) is 23.1 Å². The Bertz CT molecular complexity index is 428. The third kappa shape index (κ3) is 2.98. The third-order valence-corrected chi connectivity index (χ3v) is 4.56. The van der Waals surface area contributed by atoms with Gasteiger partial charge in [0.1, 0.15) is 4.34 Å². The maximum atomic E-state index is 5.85. The Hall–Kier alpha value is -0.550. The highest BCUT2D eigenvalue weighted by molar-refractivity contribution is 8.01. The molecule has 16 heavy (non-hydrogen) atoms. The maximum absolute atomic E-state index is 5.85. The zero-order valence-corrected chi connectivity index (χ0v) is 10.9. The lowest BCUT2D eigenvalue weighted by Gasteiger charge is -2.12. The van der Waals surface area contributed by atoms with E-state index in [1.807, 2.05) is 35.8 Å². The van der Waals surface area contributed by atoms with E-state index in [-0.39, 0.29) is 5.25 Å². The van der Waals surface area contributed by atoms with Crippen molar-refractivity contribution in [3.05, 3.63) is 46.4 Å². The summed E-state index contributed by atoms with van der Waals surface area (Å²) in [5.41, 5.74) is 6.97. The predicted molar refractivity (Wildman–Crippen MR) is 71.2 cm³/mol. The highest BCUT2D eigenvalue weighted by atomic mass is 35.5. The normalized spacial score (nSPS) is 12.6. The number of benzene rings is 1. The van der Waals surface area contributed by atoms with Crippen molar-refractivity contribution in [1.29, 1.82) is 0 Å². The van der Waals surface area contributed by atoms with E-state index < -0.39 is 0 Å². The highest BCUT2D eigenvalue weighted by Crippen LogP contribution is 2.35. The van der Waals surface area contributed by atoms with Crippen molar-refractivity contribution >= 4 is 34.7 Å². The Balaban J connectivity index is 2.13. The maximum Gasteiger partial charge on any atom is 0.150 e. The topological polar surface area (TPSA) is 38.9 Å². The molecule has 5 heteroatoms. The fourth-order valence-corrected chi connectivity index (χ4v) is 3.30. The molecule has 2 rings (SSSR count). The van der Waals surface area contributed by atoms with Gasteiger partial charge < -0.3 is 5.73 Å². The van der Waals surface area contributed by atoms with Gasteiger partial charge in [-0.1, -0.05) is 35.5 Å². The second-order valence-electron chi connectivity index (χ2n) is 3.19. The van der Waals surface area contributed by atoms with Crippen LogP contribution in [0.1, 0.15) is 10.8 Å². The van der Waals surface area contributed by atoms with Gasteiger partial charge in [0.05, 0.1) is 0 Å². The molecule has 0 bridgehead atoms. The van der Waals surface area contributed by atoms with Crippen molar-refractivity contribution in [2.24, 2.45) is 5.73 Å². The van der Waals surface area contributed by atoms with Gasteiger partial charge in [-0.15, -0.1) is 11.3 Å². The lowest BCUT2D eigenvalue weighted by molar-refractivity contribution is 0.939. The summed E-state index contributed by atoms with van der Waals surface area (Å²) in [7, 11) is 0. The van der Waals surface area contributed by atoms with Crippen molar-refractivity contribution < 1.29 is 0 Å². The number of thioether (sulfide) groups is 1. The molecule has 0 radical (unpaired) electrons. The molecule has 84 valence electrons. The number of hydrogen-bond acceptors (Lipinski definition) is 4. The monoisotopic (exact) mass is 270 g/mol. The van der Waals surface area contributed by atoms with E-state index in [0.717, 1.165) is 9.36 Å². The largest absolute Gasteiger partial charge is 0.329 e. The highest BCUT2D eigenvalue weighted by Gasteiger charge is 2.12. The quantitative estimate of drug-likeness (QED) is 0.863. The predicted octanol–water partition coefficient (Wildman–Crippen LogP) is 3.59. The Labute approximate surface area is 108 Å². The molecule has 0 aliphatic carbocycles. The summed E-state index contributed by atoms with van der Waals surface area (Å²) in [6, 6.07) is 7.81. The molecule has 1 heterocycles. The fourth-order valence-electron chi connectivity index (χ4n) is 1.32. The summed E-state index contributed by atoms with van der Waals surface area (Å²) >= 11 is 9.18. The van der Waals surface area contributed by atoms with Crippen LogP contribution in [0.15, 0.2) is 40.2 Å². The fraction of sp³-hybridized carbons (Fsp3) is 0.182. The average Bonchev–Trinajstić information content (AvgIpc) is 2.80. The number of hydrogen-bond donors (Lipinski definition) is 1. The Morgan fingerprint density at radius 3 is 2.69 bits per heavy atom. The standard InChI is InChI=1S/C11H11ClN2S2/c12-9-3-1-8(2-4-9)10(7-13)16-11-14-5-6-15-11/h1-6,10H,7,13H2. The lowest BCUT2D eigenvalue weighted by atomic mass is 10.1. The Kier molecular flexibility index (Phi) is 4.23. The zero-order chi connectivity index (χ0) is 11.4. The van der Waals surface area contributed by atoms with E-state index in [2.05, 4.69) is 4.98 Å². The molecule has 0 saturated heterocycles. The minimum atomic E-state index is 0.239. The molecule has 2 nitrogen and oxygen atoms in total. The molecule has 0 saturated carbocycles. The second-order valence-corrected chi connectivity index (χ2v) is 5.97. The first-order valence-corrected chi connectivity index (χ1v) is 6.95. The van der Waals surface area contributed by atoms with Crippen LogP contribution < -0.4 is 5.73 Å². The first-order chi connectivity index (χ1) is 7.79. The number of halogens is 1. The minimum Gasteiger partial charge on any atom is -0.329 e. The van der Waals surface area contributed by atoms with E-state index in [4.69, 9.17) is 17.3 Å². The van der Waals surface area contributed by atoms with E-state index in [1.165, 1.54) is 5.56 Å². The van der Waals surface area contributed by atoms with Crippen LogP contribution in [0.2, 0.25) is 5.02 Å². The molecule has 0 fully saturated rings. The van der Waals surface area contributed by atoms with Crippen LogP contribution in [0.4, 0.5) is 0 Å². The van der Waals surface area contributed by atoms with Crippen LogP contribution in [-0.2, 0) is 0 Å². The van der Waals surface area contributed by atoms with E-state index >= 15 is 0 Å². The summed E-state index contributed by atoms with van der Waals surface area (Å²) in [4.78, 5) is 4.25. The summed E-state index contributed by atoms with van der Waals surface area (Å²) in [5, 5.41) is 2.96. The van der Waals surface area contributed by atoms with Gasteiger partial charge in [-0.25, -0.2) is 4.98 Å². The molecule has 0 amide bonds. The summed E-state index contributed by atoms with van der Waals surface area (Å²) in [6.45, 7) is 0.589. The van der Waals surface area contributed by atoms with Crippen molar-refractivity contribution in [3.63, 3.8) is 0 Å². The lowest BCUT2D eigenvalue weighted by Crippen LogP contribution is -2.09. The third-order valence-electron chi connectivity index (χ3n) is 2.11.